The Morgan fingerprint density at radius 2 is 2.12 bits per heavy atom. The van der Waals surface area contributed by atoms with Crippen LogP contribution >= 0.6 is 0 Å². The molecule has 5 nitrogen and oxygen atoms in total. The number of hydrogen-bond acceptors (Lipinski definition) is 3. The molecule has 82 valence electrons. The fraction of sp³-hybridized carbons (Fsp3) is 0.182. The Hall–Kier alpha value is -2.17. The van der Waals surface area contributed by atoms with E-state index in [9.17, 15) is 4.79 Å². The minimum Gasteiger partial charge on any atom is -0.352 e. The van der Waals surface area contributed by atoms with Crippen LogP contribution in [0.25, 0.3) is 0 Å². The summed E-state index contributed by atoms with van der Waals surface area (Å²) in [7, 11) is 0. The van der Waals surface area contributed by atoms with E-state index in [1.165, 1.54) is 0 Å². The largest absolute Gasteiger partial charge is 0.352 e. The van der Waals surface area contributed by atoms with E-state index in [-0.39, 0.29) is 5.91 Å². The number of aromatic nitrogens is 3. The lowest BCUT2D eigenvalue weighted by Crippen LogP contribution is -2.24. The highest BCUT2D eigenvalue weighted by Crippen LogP contribution is 1.98. The highest BCUT2D eigenvalue weighted by molar-refractivity contribution is 5.78. The van der Waals surface area contributed by atoms with E-state index in [2.05, 4.69) is 20.5 Å². The van der Waals surface area contributed by atoms with Crippen molar-refractivity contribution in [2.24, 2.45) is 0 Å². The minimum absolute atomic E-state index is 0.00704. The van der Waals surface area contributed by atoms with Crippen molar-refractivity contribution >= 4 is 5.91 Å². The van der Waals surface area contributed by atoms with Gasteiger partial charge in [0.15, 0.2) is 0 Å². The van der Waals surface area contributed by atoms with Crippen molar-refractivity contribution in [2.45, 2.75) is 13.0 Å². The molecule has 2 aromatic heterocycles. The molecule has 0 unspecified atom stereocenters. The molecule has 16 heavy (non-hydrogen) atoms. The number of nitrogens with one attached hydrogen (secondary N) is 2. The Balaban J connectivity index is 1.81. The molecule has 0 aliphatic carbocycles. The maximum atomic E-state index is 11.5. The Bertz CT molecular complexity index is 438. The first-order valence-corrected chi connectivity index (χ1v) is 4.98. The van der Waals surface area contributed by atoms with Gasteiger partial charge >= 0.3 is 0 Å². The number of rotatable bonds is 4. The van der Waals surface area contributed by atoms with Gasteiger partial charge in [0.25, 0.3) is 0 Å². The van der Waals surface area contributed by atoms with Gasteiger partial charge in [-0.25, -0.2) is 0 Å². The molecular weight excluding hydrogens is 204 g/mol. The van der Waals surface area contributed by atoms with Crippen LogP contribution < -0.4 is 5.32 Å². The average molecular weight is 216 g/mol. The predicted molar refractivity (Wildman–Crippen MR) is 58.4 cm³/mol. The highest BCUT2D eigenvalue weighted by atomic mass is 16.1. The number of pyridine rings is 1. The van der Waals surface area contributed by atoms with Gasteiger partial charge < -0.3 is 5.32 Å². The lowest BCUT2D eigenvalue weighted by molar-refractivity contribution is -0.120. The summed E-state index contributed by atoms with van der Waals surface area (Å²) in [6.07, 6.45) is 7.18. The lowest BCUT2D eigenvalue weighted by Gasteiger charge is -2.03. The zero-order valence-electron chi connectivity index (χ0n) is 8.68. The summed E-state index contributed by atoms with van der Waals surface area (Å²) in [5.74, 6) is -0.00704. The summed E-state index contributed by atoms with van der Waals surface area (Å²) in [5.41, 5.74) is 1.92. The molecule has 5 heteroatoms. The molecule has 0 radical (unpaired) electrons. The van der Waals surface area contributed by atoms with E-state index in [1.807, 2.05) is 12.1 Å². The van der Waals surface area contributed by atoms with Crippen LogP contribution in [0.1, 0.15) is 11.1 Å². The standard InChI is InChI=1S/C11H12N4O/c16-11(5-9-1-3-12-4-2-9)13-6-10-7-14-15-8-10/h1-4,7-8H,5-6H2,(H,13,16)(H,14,15). The van der Waals surface area contributed by atoms with Gasteiger partial charge in [-0.1, -0.05) is 0 Å². The van der Waals surface area contributed by atoms with Gasteiger partial charge in [-0.05, 0) is 17.7 Å². The van der Waals surface area contributed by atoms with Gasteiger partial charge in [0.1, 0.15) is 0 Å². The number of hydrogen-bond donors (Lipinski definition) is 2. The summed E-state index contributed by atoms with van der Waals surface area (Å²) >= 11 is 0. The third-order valence-corrected chi connectivity index (χ3v) is 2.16. The van der Waals surface area contributed by atoms with Gasteiger partial charge in [0, 0.05) is 30.7 Å². The molecule has 0 aliphatic heterocycles. The van der Waals surface area contributed by atoms with Crippen LogP contribution in [0, 0.1) is 0 Å². The third kappa shape index (κ3) is 2.91. The average Bonchev–Trinajstić information content (AvgIpc) is 2.81. The fourth-order valence-electron chi connectivity index (χ4n) is 1.32. The number of carbonyl (C=O) groups is 1. The molecule has 2 heterocycles. The Labute approximate surface area is 92.9 Å². The fourth-order valence-corrected chi connectivity index (χ4v) is 1.32. The summed E-state index contributed by atoms with van der Waals surface area (Å²) in [6, 6.07) is 3.66. The number of aromatic amines is 1. The maximum absolute atomic E-state index is 11.5. The van der Waals surface area contributed by atoms with E-state index in [1.54, 1.807) is 24.8 Å². The zero-order valence-corrected chi connectivity index (χ0v) is 8.68. The second kappa shape index (κ2) is 5.06. The molecule has 0 aliphatic rings. The van der Waals surface area contributed by atoms with Gasteiger partial charge in [0.2, 0.25) is 5.91 Å². The van der Waals surface area contributed by atoms with Crippen LogP contribution in [0.15, 0.2) is 36.9 Å². The van der Waals surface area contributed by atoms with E-state index >= 15 is 0 Å². The smallest absolute Gasteiger partial charge is 0.224 e. The number of carbonyl (C=O) groups excluding carboxylic acids is 1. The van der Waals surface area contributed by atoms with Crippen molar-refractivity contribution in [2.75, 3.05) is 0 Å². The van der Waals surface area contributed by atoms with Crippen LogP contribution in [0.2, 0.25) is 0 Å². The van der Waals surface area contributed by atoms with Crippen LogP contribution in [0.4, 0.5) is 0 Å². The molecule has 0 fully saturated rings. The maximum Gasteiger partial charge on any atom is 0.224 e. The zero-order chi connectivity index (χ0) is 11.2. The minimum atomic E-state index is -0.00704. The van der Waals surface area contributed by atoms with Gasteiger partial charge in [-0.3, -0.25) is 14.9 Å². The molecule has 2 N–H and O–H groups in total. The number of amides is 1. The van der Waals surface area contributed by atoms with Crippen molar-refractivity contribution in [3.05, 3.63) is 48.0 Å². The van der Waals surface area contributed by atoms with Crippen LogP contribution in [0.5, 0.6) is 0 Å². The van der Waals surface area contributed by atoms with Crippen molar-refractivity contribution < 1.29 is 4.79 Å². The van der Waals surface area contributed by atoms with Gasteiger partial charge in [-0.2, -0.15) is 5.10 Å². The second-order valence-electron chi connectivity index (χ2n) is 3.42. The van der Waals surface area contributed by atoms with Crippen LogP contribution in [-0.2, 0) is 17.8 Å². The van der Waals surface area contributed by atoms with Crippen molar-refractivity contribution in [1.82, 2.24) is 20.5 Å². The summed E-state index contributed by atoms with van der Waals surface area (Å²) in [5, 5.41) is 9.31. The second-order valence-corrected chi connectivity index (χ2v) is 3.42. The predicted octanol–water partition coefficient (Wildman–Crippen LogP) is 0.664. The van der Waals surface area contributed by atoms with E-state index in [0.29, 0.717) is 13.0 Å². The van der Waals surface area contributed by atoms with E-state index < -0.39 is 0 Å². The molecule has 0 atom stereocenters. The lowest BCUT2D eigenvalue weighted by atomic mass is 10.2. The van der Waals surface area contributed by atoms with Crippen LogP contribution in [-0.4, -0.2) is 21.1 Å². The Kier molecular flexibility index (Phi) is 3.28. The van der Waals surface area contributed by atoms with E-state index in [4.69, 9.17) is 0 Å². The topological polar surface area (TPSA) is 70.7 Å². The van der Waals surface area contributed by atoms with E-state index in [0.717, 1.165) is 11.1 Å². The third-order valence-electron chi connectivity index (χ3n) is 2.16. The monoisotopic (exact) mass is 216 g/mol. The summed E-state index contributed by atoms with van der Waals surface area (Å²) in [4.78, 5) is 15.4. The van der Waals surface area contributed by atoms with Gasteiger partial charge in [-0.15, -0.1) is 0 Å². The molecule has 0 bridgehead atoms. The van der Waals surface area contributed by atoms with Crippen molar-refractivity contribution in [1.29, 1.82) is 0 Å². The molecule has 0 spiro atoms. The van der Waals surface area contributed by atoms with Crippen molar-refractivity contribution in [3.63, 3.8) is 0 Å². The summed E-state index contributed by atoms with van der Waals surface area (Å²) < 4.78 is 0. The summed E-state index contributed by atoms with van der Waals surface area (Å²) in [6.45, 7) is 0.500. The molecule has 0 aromatic carbocycles. The highest BCUT2D eigenvalue weighted by Gasteiger charge is 2.02. The molecule has 2 rings (SSSR count). The first kappa shape index (κ1) is 10.4. The molecule has 0 saturated heterocycles. The Morgan fingerprint density at radius 1 is 1.31 bits per heavy atom. The Morgan fingerprint density at radius 3 is 2.81 bits per heavy atom. The quantitative estimate of drug-likeness (QED) is 0.788. The molecular formula is C11H12N4O. The number of nitrogens with zero attached hydrogens (tertiary/aromatic N) is 2. The normalized spacial score (nSPS) is 10.0. The molecule has 2 aromatic rings. The van der Waals surface area contributed by atoms with Crippen molar-refractivity contribution in [3.8, 4) is 0 Å². The SMILES string of the molecule is O=C(Cc1ccncc1)NCc1cn[nH]c1. The molecule has 1 amide bonds. The first-order chi connectivity index (χ1) is 7.84. The molecule has 0 saturated carbocycles. The number of H-pyrrole nitrogens is 1. The van der Waals surface area contributed by atoms with Crippen LogP contribution in [0.3, 0.4) is 0 Å². The first-order valence-electron chi connectivity index (χ1n) is 4.98. The van der Waals surface area contributed by atoms with Gasteiger partial charge in [0.05, 0.1) is 12.6 Å².